The molecule has 0 saturated carbocycles. The molecule has 9 heteroatoms. The van der Waals surface area contributed by atoms with Gasteiger partial charge in [-0.25, -0.2) is 22.6 Å². The minimum atomic E-state index is -1.39. The Morgan fingerprint density at radius 2 is 1.69 bits per heavy atom. The number of carbonyl (C=O) groups excluding carboxylic acids is 1. The Morgan fingerprint density at radius 3 is 2.28 bits per heavy atom. The molecule has 0 aliphatic rings. The molecule has 2 aromatic carbocycles. The highest BCUT2D eigenvalue weighted by atomic mass is 19.1. The lowest BCUT2D eigenvalue weighted by Gasteiger charge is -2.18. The van der Waals surface area contributed by atoms with E-state index in [1.165, 1.54) is 35.0 Å². The first-order valence-corrected chi connectivity index (χ1v) is 9.87. The lowest BCUT2D eigenvalue weighted by molar-refractivity contribution is -0.142. The van der Waals surface area contributed by atoms with Crippen molar-refractivity contribution in [1.29, 1.82) is 0 Å². The fraction of sp³-hybridized carbons (Fsp3) is 0.261. The Labute approximate surface area is 182 Å². The quantitative estimate of drug-likeness (QED) is 0.567. The Hall–Kier alpha value is -3.62. The number of hydrogen-bond acceptors (Lipinski definition) is 3. The highest BCUT2D eigenvalue weighted by Crippen LogP contribution is 2.27. The maximum atomic E-state index is 14.0. The van der Waals surface area contributed by atoms with Gasteiger partial charge in [0.05, 0.1) is 11.4 Å². The largest absolute Gasteiger partial charge is 0.479 e. The van der Waals surface area contributed by atoms with Crippen LogP contribution in [-0.4, -0.2) is 26.8 Å². The number of aromatic nitrogens is 2. The van der Waals surface area contributed by atoms with E-state index in [0.29, 0.717) is 22.6 Å². The molecule has 6 nitrogen and oxygen atoms in total. The zero-order valence-corrected chi connectivity index (χ0v) is 17.7. The van der Waals surface area contributed by atoms with Gasteiger partial charge in [-0.05, 0) is 55.7 Å². The molecule has 2 N–H and O–H groups in total. The van der Waals surface area contributed by atoms with Gasteiger partial charge in [0.2, 0.25) is 5.91 Å². The maximum absolute atomic E-state index is 14.0. The summed E-state index contributed by atoms with van der Waals surface area (Å²) in [5.41, 5.74) is 1.85. The van der Waals surface area contributed by atoms with Crippen LogP contribution >= 0.6 is 0 Å². The van der Waals surface area contributed by atoms with Crippen LogP contribution in [0.3, 0.4) is 0 Å². The molecule has 2 unspecified atom stereocenters. The number of nitrogens with one attached hydrogen (secondary N) is 1. The fourth-order valence-electron chi connectivity index (χ4n) is 3.67. The number of carboxylic acid groups (broad SMARTS) is 1. The highest BCUT2D eigenvalue weighted by molar-refractivity contribution is 5.85. The van der Waals surface area contributed by atoms with E-state index in [9.17, 15) is 27.9 Å². The van der Waals surface area contributed by atoms with Gasteiger partial charge in [0, 0.05) is 23.7 Å². The second-order valence-corrected chi connectivity index (χ2v) is 7.58. The number of amides is 1. The normalized spacial score (nSPS) is 12.9. The molecule has 0 spiro atoms. The SMILES string of the molecule is Cc1nn(-c2ccc(F)cc2)c(C)c1C(NC(=O)CC(C)c1ccc(F)cc1F)C(=O)O. The number of nitrogens with zero attached hydrogens (tertiary/aromatic N) is 2. The minimum absolute atomic E-state index is 0.157. The van der Waals surface area contributed by atoms with Crippen LogP contribution in [0.2, 0.25) is 0 Å². The smallest absolute Gasteiger partial charge is 0.331 e. The summed E-state index contributed by atoms with van der Waals surface area (Å²) >= 11 is 0. The first kappa shape index (κ1) is 23.1. The van der Waals surface area contributed by atoms with Gasteiger partial charge in [0.25, 0.3) is 0 Å². The zero-order valence-electron chi connectivity index (χ0n) is 17.7. The maximum Gasteiger partial charge on any atom is 0.331 e. The number of carboxylic acids is 1. The van der Waals surface area contributed by atoms with Crippen molar-refractivity contribution < 1.29 is 27.9 Å². The number of carbonyl (C=O) groups is 2. The van der Waals surface area contributed by atoms with Crippen molar-refractivity contribution in [1.82, 2.24) is 15.1 Å². The van der Waals surface area contributed by atoms with Gasteiger partial charge in [-0.3, -0.25) is 4.79 Å². The molecule has 2 atom stereocenters. The van der Waals surface area contributed by atoms with Crippen molar-refractivity contribution in [3.8, 4) is 5.69 Å². The predicted octanol–water partition coefficient (Wildman–Crippen LogP) is 4.34. The Balaban J connectivity index is 1.83. The fourth-order valence-corrected chi connectivity index (χ4v) is 3.67. The van der Waals surface area contributed by atoms with Crippen LogP contribution in [0, 0.1) is 31.3 Å². The van der Waals surface area contributed by atoms with Crippen molar-refractivity contribution in [3.05, 3.63) is 82.4 Å². The van der Waals surface area contributed by atoms with Gasteiger partial charge in [-0.15, -0.1) is 0 Å². The van der Waals surface area contributed by atoms with Crippen LogP contribution in [0.1, 0.15) is 47.8 Å². The van der Waals surface area contributed by atoms with Crippen molar-refractivity contribution in [2.45, 2.75) is 39.2 Å². The number of aryl methyl sites for hydroxylation is 1. The number of rotatable bonds is 7. The first-order valence-electron chi connectivity index (χ1n) is 9.87. The van der Waals surface area contributed by atoms with E-state index in [0.717, 1.165) is 12.1 Å². The summed E-state index contributed by atoms with van der Waals surface area (Å²) in [6.45, 7) is 4.85. The second kappa shape index (κ2) is 9.25. The van der Waals surface area contributed by atoms with Crippen molar-refractivity contribution in [2.24, 2.45) is 0 Å². The second-order valence-electron chi connectivity index (χ2n) is 7.58. The average Bonchev–Trinajstić information content (AvgIpc) is 3.00. The van der Waals surface area contributed by atoms with Crippen LogP contribution in [0.5, 0.6) is 0 Å². The monoisotopic (exact) mass is 445 g/mol. The molecule has 0 fully saturated rings. The lowest BCUT2D eigenvalue weighted by atomic mass is 9.96. The van der Waals surface area contributed by atoms with Gasteiger partial charge in [-0.1, -0.05) is 13.0 Å². The Bertz CT molecular complexity index is 1160. The van der Waals surface area contributed by atoms with Gasteiger partial charge < -0.3 is 10.4 Å². The van der Waals surface area contributed by atoms with Gasteiger partial charge in [-0.2, -0.15) is 5.10 Å². The van der Waals surface area contributed by atoms with E-state index in [2.05, 4.69) is 10.4 Å². The molecular formula is C23H22F3N3O3. The highest BCUT2D eigenvalue weighted by Gasteiger charge is 2.29. The standard InChI is InChI=1S/C23H22F3N3O3/c1-12(18-9-6-16(25)11-19(18)26)10-20(30)27-22(23(31)32)21-13(2)28-29(14(21)3)17-7-4-15(24)5-8-17/h4-9,11-12,22H,10H2,1-3H3,(H,27,30)(H,31,32). The molecule has 1 aromatic heterocycles. The number of hydrogen-bond donors (Lipinski definition) is 2. The van der Waals surface area contributed by atoms with Crippen LogP contribution in [-0.2, 0) is 9.59 Å². The summed E-state index contributed by atoms with van der Waals surface area (Å²) < 4.78 is 41.8. The summed E-state index contributed by atoms with van der Waals surface area (Å²) in [6, 6.07) is 7.25. The first-order chi connectivity index (χ1) is 15.1. The predicted molar refractivity (Wildman–Crippen MR) is 111 cm³/mol. The van der Waals surface area contributed by atoms with E-state index < -0.39 is 41.3 Å². The third kappa shape index (κ3) is 4.82. The Morgan fingerprint density at radius 1 is 1.06 bits per heavy atom. The summed E-state index contributed by atoms with van der Waals surface area (Å²) in [5.74, 6) is -4.41. The third-order valence-corrected chi connectivity index (χ3v) is 5.24. The number of aliphatic carboxylic acids is 1. The molecule has 1 amide bonds. The van der Waals surface area contributed by atoms with Crippen LogP contribution in [0.25, 0.3) is 5.69 Å². The topological polar surface area (TPSA) is 84.2 Å². The molecule has 0 bridgehead atoms. The molecule has 3 aromatic rings. The van der Waals surface area contributed by atoms with E-state index in [1.54, 1.807) is 20.8 Å². The summed E-state index contributed by atoms with van der Waals surface area (Å²) in [6.07, 6.45) is -0.198. The van der Waals surface area contributed by atoms with Crippen LogP contribution in [0.15, 0.2) is 42.5 Å². The molecule has 1 heterocycles. The number of benzene rings is 2. The van der Waals surface area contributed by atoms with E-state index in [4.69, 9.17) is 0 Å². The molecule has 0 aliphatic heterocycles. The summed E-state index contributed by atoms with van der Waals surface area (Å²) in [5, 5.41) is 16.6. The van der Waals surface area contributed by atoms with E-state index >= 15 is 0 Å². The molecule has 0 aliphatic carbocycles. The zero-order chi connectivity index (χ0) is 23.6. The molecule has 32 heavy (non-hydrogen) atoms. The van der Waals surface area contributed by atoms with Crippen molar-refractivity contribution >= 4 is 11.9 Å². The van der Waals surface area contributed by atoms with Crippen molar-refractivity contribution in [3.63, 3.8) is 0 Å². The van der Waals surface area contributed by atoms with E-state index in [-0.39, 0.29) is 12.0 Å². The molecule has 3 rings (SSSR count). The third-order valence-electron chi connectivity index (χ3n) is 5.24. The minimum Gasteiger partial charge on any atom is -0.479 e. The summed E-state index contributed by atoms with van der Waals surface area (Å²) in [7, 11) is 0. The number of halogens is 3. The van der Waals surface area contributed by atoms with Crippen molar-refractivity contribution in [2.75, 3.05) is 0 Å². The Kier molecular flexibility index (Phi) is 6.67. The van der Waals surface area contributed by atoms with Gasteiger partial charge in [0.1, 0.15) is 17.5 Å². The van der Waals surface area contributed by atoms with Crippen LogP contribution < -0.4 is 5.32 Å². The molecule has 0 saturated heterocycles. The summed E-state index contributed by atoms with van der Waals surface area (Å²) in [4.78, 5) is 24.6. The molecule has 168 valence electrons. The molecular weight excluding hydrogens is 423 g/mol. The van der Waals surface area contributed by atoms with E-state index in [1.807, 2.05) is 0 Å². The lowest BCUT2D eigenvalue weighted by Crippen LogP contribution is -2.35. The average molecular weight is 445 g/mol. The van der Waals surface area contributed by atoms with Gasteiger partial charge in [0.15, 0.2) is 6.04 Å². The molecule has 0 radical (unpaired) electrons. The van der Waals surface area contributed by atoms with Gasteiger partial charge >= 0.3 is 5.97 Å². The van der Waals surface area contributed by atoms with Crippen LogP contribution in [0.4, 0.5) is 13.2 Å².